The third-order valence-corrected chi connectivity index (χ3v) is 5.08. The van der Waals surface area contributed by atoms with E-state index in [9.17, 15) is 23.1 Å². The lowest BCUT2D eigenvalue weighted by Gasteiger charge is -2.21. The van der Waals surface area contributed by atoms with E-state index < -0.39 is 19.1 Å². The second kappa shape index (κ2) is 10.2. The van der Waals surface area contributed by atoms with Gasteiger partial charge >= 0.3 is 12.4 Å². The van der Waals surface area contributed by atoms with E-state index in [1.165, 1.54) is 18.3 Å². The Bertz CT molecular complexity index is 983. The van der Waals surface area contributed by atoms with Crippen molar-refractivity contribution in [3.63, 3.8) is 0 Å². The van der Waals surface area contributed by atoms with Crippen molar-refractivity contribution in [2.45, 2.75) is 25.3 Å². The molecule has 0 saturated carbocycles. The van der Waals surface area contributed by atoms with Crippen LogP contribution in [-0.2, 0) is 0 Å². The van der Waals surface area contributed by atoms with E-state index in [1.807, 2.05) is 6.08 Å². The number of hydrogen-bond donors (Lipinski definition) is 3. The predicted octanol–water partition coefficient (Wildman–Crippen LogP) is 4.37. The lowest BCUT2D eigenvalue weighted by Crippen LogP contribution is -2.35. The van der Waals surface area contributed by atoms with Crippen LogP contribution in [0.1, 0.15) is 30.2 Å². The van der Waals surface area contributed by atoms with E-state index >= 15 is 0 Å². The van der Waals surface area contributed by atoms with Crippen molar-refractivity contribution in [3.05, 3.63) is 58.9 Å². The molecule has 0 bridgehead atoms. The number of urea groups is 1. The molecule has 1 unspecified atom stereocenters. The van der Waals surface area contributed by atoms with Crippen LogP contribution in [0.3, 0.4) is 0 Å². The summed E-state index contributed by atoms with van der Waals surface area (Å²) >= 11 is 6.31. The maximum Gasteiger partial charge on any atom is 0.573 e. The molecular formula is C21H21ClF3N3O4. The zero-order chi connectivity index (χ0) is 23.3. The number of alkyl halides is 3. The van der Waals surface area contributed by atoms with Crippen molar-refractivity contribution in [2.24, 2.45) is 0 Å². The average molecular weight is 472 g/mol. The van der Waals surface area contributed by atoms with E-state index in [0.717, 1.165) is 17.7 Å². The van der Waals surface area contributed by atoms with E-state index in [1.54, 1.807) is 11.0 Å². The van der Waals surface area contributed by atoms with Gasteiger partial charge in [-0.05, 0) is 48.7 Å². The van der Waals surface area contributed by atoms with Gasteiger partial charge in [0.2, 0.25) is 0 Å². The maximum atomic E-state index is 12.6. The summed E-state index contributed by atoms with van der Waals surface area (Å²) in [5, 5.41) is 21.8. The highest BCUT2D eigenvalue weighted by Crippen LogP contribution is 2.29. The number of halogens is 4. The minimum absolute atomic E-state index is 0.334. The van der Waals surface area contributed by atoms with Gasteiger partial charge in [-0.15, -0.1) is 13.2 Å². The topological polar surface area (TPSA) is 94.9 Å². The Morgan fingerprint density at radius 2 is 2.00 bits per heavy atom. The number of aliphatic hydroxyl groups excluding tert-OH is 2. The van der Waals surface area contributed by atoms with Gasteiger partial charge in [0.25, 0.3) is 0 Å². The van der Waals surface area contributed by atoms with E-state index in [0.29, 0.717) is 47.9 Å². The standard InChI is InChI=1S/C21H21ClF3N3O4/c22-17-10-14(18(30)12-29)11-26-19(17)13-2-1-8-28(9-7-13)20(31)27-15-3-5-16(6-4-15)32-21(23,24)25/h2-6,10-11,18,29-30H,1,7-9,12H2,(H,27,31). The first-order chi connectivity index (χ1) is 15.2. The van der Waals surface area contributed by atoms with Crippen molar-refractivity contribution < 1.29 is 32.9 Å². The second-order valence-corrected chi connectivity index (χ2v) is 7.46. The number of carbonyl (C=O) groups excluding carboxylic acids is 1. The number of aromatic nitrogens is 1. The van der Waals surface area contributed by atoms with Gasteiger partial charge < -0.3 is 25.2 Å². The number of pyridine rings is 1. The number of nitrogens with zero attached hydrogens (tertiary/aromatic N) is 2. The Morgan fingerprint density at radius 3 is 2.62 bits per heavy atom. The fraction of sp³-hybridized carbons (Fsp3) is 0.333. The highest BCUT2D eigenvalue weighted by atomic mass is 35.5. The highest BCUT2D eigenvalue weighted by molar-refractivity contribution is 6.32. The summed E-state index contributed by atoms with van der Waals surface area (Å²) in [7, 11) is 0. The molecule has 0 fully saturated rings. The van der Waals surface area contributed by atoms with Gasteiger partial charge in [-0.25, -0.2) is 4.79 Å². The zero-order valence-corrected chi connectivity index (χ0v) is 17.5. The van der Waals surface area contributed by atoms with E-state index in [2.05, 4.69) is 15.0 Å². The molecule has 0 aliphatic carbocycles. The summed E-state index contributed by atoms with van der Waals surface area (Å²) in [5.74, 6) is -0.374. The van der Waals surface area contributed by atoms with Crippen LogP contribution in [0.25, 0.3) is 5.57 Å². The minimum Gasteiger partial charge on any atom is -0.406 e. The molecule has 1 atom stereocenters. The Morgan fingerprint density at radius 1 is 1.28 bits per heavy atom. The van der Waals surface area contributed by atoms with Crippen molar-refractivity contribution in [1.29, 1.82) is 0 Å². The summed E-state index contributed by atoms with van der Waals surface area (Å²) in [6, 6.07) is 6.06. The number of rotatable bonds is 5. The third kappa shape index (κ3) is 6.35. The molecule has 172 valence electrons. The molecule has 0 saturated heterocycles. The summed E-state index contributed by atoms with van der Waals surface area (Å²) in [4.78, 5) is 18.5. The number of anilines is 1. The molecule has 7 nitrogen and oxygen atoms in total. The van der Waals surface area contributed by atoms with Gasteiger partial charge in [0, 0.05) is 30.5 Å². The molecule has 1 aromatic heterocycles. The van der Waals surface area contributed by atoms with Gasteiger partial charge in [0.05, 0.1) is 17.3 Å². The minimum atomic E-state index is -4.78. The molecule has 11 heteroatoms. The molecule has 2 heterocycles. The van der Waals surface area contributed by atoms with Crippen LogP contribution in [0.4, 0.5) is 23.7 Å². The first-order valence-electron chi connectivity index (χ1n) is 9.72. The molecule has 0 spiro atoms. The van der Waals surface area contributed by atoms with Crippen molar-refractivity contribution in [2.75, 3.05) is 25.0 Å². The molecule has 1 aliphatic rings. The van der Waals surface area contributed by atoms with Crippen LogP contribution in [0, 0.1) is 0 Å². The third-order valence-electron chi connectivity index (χ3n) is 4.79. The zero-order valence-electron chi connectivity index (χ0n) is 16.8. The molecule has 3 N–H and O–H groups in total. The summed E-state index contributed by atoms with van der Waals surface area (Å²) in [6.45, 7) is 0.373. The molecule has 0 radical (unpaired) electrons. The van der Waals surface area contributed by atoms with Crippen LogP contribution >= 0.6 is 11.6 Å². The highest BCUT2D eigenvalue weighted by Gasteiger charge is 2.31. The first kappa shape index (κ1) is 23.8. The van der Waals surface area contributed by atoms with Crippen LogP contribution < -0.4 is 10.1 Å². The number of benzene rings is 1. The van der Waals surface area contributed by atoms with Crippen molar-refractivity contribution in [1.82, 2.24) is 9.88 Å². The van der Waals surface area contributed by atoms with Gasteiger partial charge in [-0.1, -0.05) is 17.7 Å². The number of nitrogens with one attached hydrogen (secondary N) is 1. The van der Waals surface area contributed by atoms with Gasteiger partial charge in [0.15, 0.2) is 0 Å². The Kier molecular flexibility index (Phi) is 7.60. The number of aliphatic hydroxyl groups is 2. The Hall–Kier alpha value is -2.82. The number of amides is 2. The normalized spacial score (nSPS) is 15.6. The smallest absolute Gasteiger partial charge is 0.406 e. The Labute approximate surface area is 187 Å². The van der Waals surface area contributed by atoms with Crippen molar-refractivity contribution in [3.8, 4) is 5.75 Å². The number of hydrogen-bond acceptors (Lipinski definition) is 5. The van der Waals surface area contributed by atoms with E-state index in [-0.39, 0.29) is 11.8 Å². The predicted molar refractivity (Wildman–Crippen MR) is 112 cm³/mol. The van der Waals surface area contributed by atoms with Gasteiger partial charge in [-0.3, -0.25) is 4.98 Å². The Balaban J connectivity index is 1.60. The second-order valence-electron chi connectivity index (χ2n) is 7.05. The quantitative estimate of drug-likeness (QED) is 0.602. The van der Waals surface area contributed by atoms with E-state index in [4.69, 9.17) is 16.7 Å². The monoisotopic (exact) mass is 471 g/mol. The van der Waals surface area contributed by atoms with Gasteiger partial charge in [0.1, 0.15) is 11.9 Å². The van der Waals surface area contributed by atoms with Crippen molar-refractivity contribution >= 4 is 28.9 Å². The maximum absolute atomic E-state index is 12.6. The fourth-order valence-electron chi connectivity index (χ4n) is 3.20. The molecular weight excluding hydrogens is 451 g/mol. The number of ether oxygens (including phenoxy) is 1. The number of carbonyl (C=O) groups is 1. The molecule has 1 aromatic carbocycles. The molecule has 2 aromatic rings. The van der Waals surface area contributed by atoms with Crippen LogP contribution in [0.2, 0.25) is 5.02 Å². The molecule has 3 rings (SSSR count). The molecule has 2 amide bonds. The lowest BCUT2D eigenvalue weighted by atomic mass is 10.1. The first-order valence-corrected chi connectivity index (χ1v) is 10.1. The average Bonchev–Trinajstić information content (AvgIpc) is 2.99. The van der Waals surface area contributed by atoms with Crippen LogP contribution in [0.15, 0.2) is 42.6 Å². The SMILES string of the molecule is O=C(Nc1ccc(OC(F)(F)F)cc1)N1CCC=C(c2ncc(C(O)CO)cc2Cl)CC1. The largest absolute Gasteiger partial charge is 0.573 e. The lowest BCUT2D eigenvalue weighted by molar-refractivity contribution is -0.274. The summed E-state index contributed by atoms with van der Waals surface area (Å²) < 4.78 is 40.6. The van der Waals surface area contributed by atoms with Crippen LogP contribution in [0.5, 0.6) is 5.75 Å². The summed E-state index contributed by atoms with van der Waals surface area (Å²) in [6.07, 6.45) is -1.42. The van der Waals surface area contributed by atoms with Crippen LogP contribution in [-0.4, -0.2) is 52.2 Å². The van der Waals surface area contributed by atoms with Gasteiger partial charge in [-0.2, -0.15) is 0 Å². The molecule has 1 aliphatic heterocycles. The summed E-state index contributed by atoms with van der Waals surface area (Å²) in [5.41, 5.74) is 2.14. The fourth-order valence-corrected chi connectivity index (χ4v) is 3.50. The molecule has 32 heavy (non-hydrogen) atoms.